The quantitative estimate of drug-likeness (QED) is 0.765. The molecule has 1 fully saturated rings. The summed E-state index contributed by atoms with van der Waals surface area (Å²) in [7, 11) is -3.28. The monoisotopic (exact) mass is 368 g/mol. The van der Waals surface area contributed by atoms with Gasteiger partial charge in [-0.1, -0.05) is 19.8 Å². The third-order valence-electron chi connectivity index (χ3n) is 4.29. The fourth-order valence-electron chi connectivity index (χ4n) is 2.89. The van der Waals surface area contributed by atoms with Gasteiger partial charge in [0.05, 0.1) is 11.4 Å². The predicted octanol–water partition coefficient (Wildman–Crippen LogP) is 1.91. The Hall–Kier alpha value is -2.09. The molecule has 0 bridgehead atoms. The van der Waals surface area contributed by atoms with Gasteiger partial charge in [-0.05, 0) is 43.5 Å². The molecule has 25 heavy (non-hydrogen) atoms. The highest BCUT2D eigenvalue weighted by molar-refractivity contribution is 7.93. The van der Waals surface area contributed by atoms with Gasteiger partial charge in [0.1, 0.15) is 6.04 Å². The second-order valence-electron chi connectivity index (χ2n) is 6.25. The Morgan fingerprint density at radius 2 is 2.08 bits per heavy atom. The predicted molar refractivity (Wildman–Crippen MR) is 95.3 cm³/mol. The smallest absolute Gasteiger partial charge is 0.326 e. The van der Waals surface area contributed by atoms with Gasteiger partial charge in [-0.2, -0.15) is 0 Å². The second kappa shape index (κ2) is 7.86. The van der Waals surface area contributed by atoms with Crippen LogP contribution in [0.3, 0.4) is 0 Å². The van der Waals surface area contributed by atoms with Gasteiger partial charge < -0.3 is 10.4 Å². The standard InChI is InChI=1S/C17H24N2O5S/c1-3-4-6-15(17(21)22)18-16(20)14-8-7-13(11-12(14)2)19-9-5-10-25(19,23)24/h7-8,11,15H,3-6,9-10H2,1-2H3,(H,18,20)(H,21,22)/t15-/m0/s1. The molecule has 1 aromatic carbocycles. The van der Waals surface area contributed by atoms with Crippen molar-refractivity contribution in [2.24, 2.45) is 0 Å². The van der Waals surface area contributed by atoms with Crippen LogP contribution in [0.25, 0.3) is 0 Å². The Balaban J connectivity index is 2.17. The third kappa shape index (κ3) is 4.50. The molecule has 0 saturated carbocycles. The number of rotatable bonds is 7. The minimum absolute atomic E-state index is 0.131. The van der Waals surface area contributed by atoms with Gasteiger partial charge in [-0.15, -0.1) is 0 Å². The second-order valence-corrected chi connectivity index (χ2v) is 8.26. The fraction of sp³-hybridized carbons (Fsp3) is 0.529. The van der Waals surface area contributed by atoms with E-state index in [9.17, 15) is 23.1 Å². The normalized spacial score (nSPS) is 17.3. The molecule has 0 spiro atoms. The van der Waals surface area contributed by atoms with Gasteiger partial charge >= 0.3 is 5.97 Å². The van der Waals surface area contributed by atoms with Crippen LogP contribution in [0.2, 0.25) is 0 Å². The molecule has 1 heterocycles. The number of carboxylic acid groups (broad SMARTS) is 1. The Morgan fingerprint density at radius 1 is 1.36 bits per heavy atom. The van der Waals surface area contributed by atoms with Gasteiger partial charge in [0.2, 0.25) is 10.0 Å². The Morgan fingerprint density at radius 3 is 2.60 bits per heavy atom. The number of nitrogens with zero attached hydrogens (tertiary/aromatic N) is 1. The maximum Gasteiger partial charge on any atom is 0.326 e. The first-order valence-corrected chi connectivity index (χ1v) is 10.0. The number of benzene rings is 1. The number of nitrogens with one attached hydrogen (secondary N) is 1. The van der Waals surface area contributed by atoms with Crippen LogP contribution < -0.4 is 9.62 Å². The molecular formula is C17H24N2O5S. The van der Waals surface area contributed by atoms with Crippen LogP contribution in [-0.2, 0) is 14.8 Å². The van der Waals surface area contributed by atoms with Crippen LogP contribution in [0.4, 0.5) is 5.69 Å². The highest BCUT2D eigenvalue weighted by Crippen LogP contribution is 2.26. The molecule has 1 amide bonds. The topological polar surface area (TPSA) is 104 Å². The van der Waals surface area contributed by atoms with Crippen molar-refractivity contribution in [2.45, 2.75) is 45.6 Å². The molecule has 1 aliphatic rings. The molecule has 1 aliphatic heterocycles. The molecule has 138 valence electrons. The Kier molecular flexibility index (Phi) is 6.05. The molecule has 8 heteroatoms. The lowest BCUT2D eigenvalue weighted by Crippen LogP contribution is -2.41. The van der Waals surface area contributed by atoms with Gasteiger partial charge in [-0.3, -0.25) is 9.10 Å². The van der Waals surface area contributed by atoms with Gasteiger partial charge in [-0.25, -0.2) is 13.2 Å². The van der Waals surface area contributed by atoms with Crippen molar-refractivity contribution in [3.63, 3.8) is 0 Å². The van der Waals surface area contributed by atoms with Crippen LogP contribution in [0.5, 0.6) is 0 Å². The Labute approximate surface area is 148 Å². The molecule has 2 rings (SSSR count). The molecule has 7 nitrogen and oxygen atoms in total. The largest absolute Gasteiger partial charge is 0.480 e. The fourth-order valence-corrected chi connectivity index (χ4v) is 4.45. The molecule has 0 aromatic heterocycles. The lowest BCUT2D eigenvalue weighted by Gasteiger charge is -2.19. The van der Waals surface area contributed by atoms with Crippen LogP contribution in [0.15, 0.2) is 18.2 Å². The molecule has 0 unspecified atom stereocenters. The summed E-state index contributed by atoms with van der Waals surface area (Å²) in [5.74, 6) is -1.39. The molecule has 2 N–H and O–H groups in total. The SMILES string of the molecule is CCCC[C@H](NC(=O)c1ccc(N2CCCS2(=O)=O)cc1C)C(=O)O. The number of aliphatic carboxylic acids is 1. The average molecular weight is 368 g/mol. The summed E-state index contributed by atoms with van der Waals surface area (Å²) in [6.45, 7) is 4.10. The van der Waals surface area contributed by atoms with Crippen molar-refractivity contribution in [3.8, 4) is 0 Å². The van der Waals surface area contributed by atoms with E-state index in [-0.39, 0.29) is 5.75 Å². The van der Waals surface area contributed by atoms with E-state index >= 15 is 0 Å². The van der Waals surface area contributed by atoms with Gasteiger partial charge in [0.15, 0.2) is 0 Å². The highest BCUT2D eigenvalue weighted by Gasteiger charge is 2.29. The molecule has 0 aliphatic carbocycles. The number of aryl methyl sites for hydroxylation is 1. The van der Waals surface area contributed by atoms with E-state index in [2.05, 4.69) is 5.32 Å². The summed E-state index contributed by atoms with van der Waals surface area (Å²) in [6, 6.07) is 3.86. The van der Waals surface area contributed by atoms with Crippen molar-refractivity contribution in [2.75, 3.05) is 16.6 Å². The first-order valence-electron chi connectivity index (χ1n) is 8.41. The van der Waals surface area contributed by atoms with E-state index in [1.807, 2.05) is 6.92 Å². The number of hydrogen-bond acceptors (Lipinski definition) is 4. The maximum absolute atomic E-state index is 12.4. The third-order valence-corrected chi connectivity index (χ3v) is 6.16. The Bertz CT molecular complexity index is 760. The van der Waals surface area contributed by atoms with Crippen LogP contribution in [0.1, 0.15) is 48.5 Å². The number of amides is 1. The van der Waals surface area contributed by atoms with Crippen LogP contribution in [-0.4, -0.2) is 43.7 Å². The first kappa shape index (κ1) is 19.2. The number of hydrogen-bond donors (Lipinski definition) is 2. The molecule has 1 saturated heterocycles. The number of carboxylic acids is 1. The van der Waals surface area contributed by atoms with E-state index < -0.39 is 27.9 Å². The zero-order valence-corrected chi connectivity index (χ0v) is 15.3. The van der Waals surface area contributed by atoms with Gasteiger partial charge in [0.25, 0.3) is 5.91 Å². The number of anilines is 1. The number of carbonyl (C=O) groups excluding carboxylic acids is 1. The summed E-state index contributed by atoms with van der Waals surface area (Å²) in [4.78, 5) is 23.7. The average Bonchev–Trinajstić information content (AvgIpc) is 2.90. The van der Waals surface area contributed by atoms with E-state index in [0.717, 1.165) is 6.42 Å². The van der Waals surface area contributed by atoms with E-state index in [4.69, 9.17) is 0 Å². The van der Waals surface area contributed by atoms with Crippen LogP contribution in [0, 0.1) is 6.92 Å². The summed E-state index contributed by atoms with van der Waals surface area (Å²) in [5, 5.41) is 11.8. The molecule has 0 radical (unpaired) electrons. The minimum Gasteiger partial charge on any atom is -0.480 e. The zero-order valence-electron chi connectivity index (χ0n) is 14.5. The molecular weight excluding hydrogens is 344 g/mol. The minimum atomic E-state index is -3.28. The van der Waals surface area contributed by atoms with E-state index in [1.54, 1.807) is 25.1 Å². The van der Waals surface area contributed by atoms with Crippen molar-refractivity contribution in [1.29, 1.82) is 0 Å². The molecule has 1 aromatic rings. The lowest BCUT2D eigenvalue weighted by atomic mass is 10.1. The van der Waals surface area contributed by atoms with Crippen LogP contribution >= 0.6 is 0 Å². The summed E-state index contributed by atoms with van der Waals surface area (Å²) in [6.07, 6.45) is 2.52. The molecule has 1 atom stereocenters. The summed E-state index contributed by atoms with van der Waals surface area (Å²) >= 11 is 0. The number of carbonyl (C=O) groups is 2. The summed E-state index contributed by atoms with van der Waals surface area (Å²) < 4.78 is 25.3. The summed E-state index contributed by atoms with van der Waals surface area (Å²) in [5.41, 5.74) is 1.49. The van der Waals surface area contributed by atoms with E-state index in [0.29, 0.717) is 42.6 Å². The maximum atomic E-state index is 12.4. The highest BCUT2D eigenvalue weighted by atomic mass is 32.2. The van der Waals surface area contributed by atoms with Crippen molar-refractivity contribution < 1.29 is 23.1 Å². The van der Waals surface area contributed by atoms with Crippen molar-refractivity contribution >= 4 is 27.6 Å². The number of unbranched alkanes of at least 4 members (excludes halogenated alkanes) is 1. The van der Waals surface area contributed by atoms with Crippen molar-refractivity contribution in [3.05, 3.63) is 29.3 Å². The number of sulfonamides is 1. The first-order chi connectivity index (χ1) is 11.8. The van der Waals surface area contributed by atoms with Gasteiger partial charge in [0, 0.05) is 12.1 Å². The van der Waals surface area contributed by atoms with E-state index in [1.165, 1.54) is 4.31 Å². The van der Waals surface area contributed by atoms with Crippen molar-refractivity contribution in [1.82, 2.24) is 5.32 Å². The lowest BCUT2D eigenvalue weighted by molar-refractivity contribution is -0.139. The zero-order chi connectivity index (χ0) is 18.6.